The summed E-state index contributed by atoms with van der Waals surface area (Å²) in [5.41, 5.74) is 2.21. The second-order valence-electron chi connectivity index (χ2n) is 4.15. The van der Waals surface area contributed by atoms with Gasteiger partial charge in [0.2, 0.25) is 0 Å². The van der Waals surface area contributed by atoms with E-state index in [2.05, 4.69) is 26.3 Å². The van der Waals surface area contributed by atoms with E-state index in [4.69, 9.17) is 0 Å². The quantitative estimate of drug-likeness (QED) is 0.576. The van der Waals surface area contributed by atoms with Crippen molar-refractivity contribution in [2.24, 2.45) is 0 Å². The molecule has 0 saturated heterocycles. The monoisotopic (exact) mass is 273 g/mol. The van der Waals surface area contributed by atoms with Gasteiger partial charge < -0.3 is 26.4 Å². The Bertz CT molecular complexity index is 586. The number of pyridine rings is 1. The topological polar surface area (TPSA) is 81.2 Å². The lowest BCUT2D eigenvalue weighted by Gasteiger charge is -2.18. The molecule has 0 unspecified atom stereocenters. The van der Waals surface area contributed by atoms with Gasteiger partial charge in [0.25, 0.3) is 0 Å². The molecule has 6 heteroatoms. The van der Waals surface area contributed by atoms with E-state index in [1.54, 1.807) is 21.1 Å². The van der Waals surface area contributed by atoms with Crippen molar-refractivity contribution in [3.63, 3.8) is 0 Å². The van der Waals surface area contributed by atoms with Crippen LogP contribution in [0, 0.1) is 0 Å². The van der Waals surface area contributed by atoms with Crippen molar-refractivity contribution in [2.75, 3.05) is 42.4 Å². The molecule has 0 radical (unpaired) electrons. The molecule has 1 aromatic carbocycles. The third-order valence-electron chi connectivity index (χ3n) is 2.94. The summed E-state index contributed by atoms with van der Waals surface area (Å²) in [5.74, 6) is 1.12. The lowest BCUT2D eigenvalue weighted by molar-refractivity contribution is 0.478. The maximum absolute atomic E-state index is 10.1. The smallest absolute Gasteiger partial charge is 0.184 e. The lowest BCUT2D eigenvalue weighted by Crippen LogP contribution is -2.06. The average Bonchev–Trinajstić information content (AvgIpc) is 2.49. The minimum absolute atomic E-state index is 0.0814. The van der Waals surface area contributed by atoms with Crippen LogP contribution in [0.3, 0.4) is 0 Å². The number of rotatable bonds is 5. The van der Waals surface area contributed by atoms with Crippen molar-refractivity contribution < 1.29 is 5.11 Å². The predicted molar refractivity (Wildman–Crippen MR) is 84.3 cm³/mol. The first-order valence-corrected chi connectivity index (χ1v) is 6.33. The van der Waals surface area contributed by atoms with E-state index in [9.17, 15) is 5.11 Å². The SMILES string of the molecule is CNc1nc(Nc2ccccc2)c(NC)c(NC)c1O. The van der Waals surface area contributed by atoms with Crippen LogP contribution in [-0.2, 0) is 0 Å². The maximum Gasteiger partial charge on any atom is 0.184 e. The number of nitrogens with one attached hydrogen (secondary N) is 4. The molecule has 0 amide bonds. The molecule has 0 aliphatic carbocycles. The fraction of sp³-hybridized carbons (Fsp3) is 0.214. The average molecular weight is 273 g/mol. The Labute approximate surface area is 118 Å². The fourth-order valence-electron chi connectivity index (χ4n) is 1.99. The maximum atomic E-state index is 10.1. The molecule has 0 fully saturated rings. The molecule has 0 atom stereocenters. The number of nitrogens with zero attached hydrogens (tertiary/aromatic N) is 1. The van der Waals surface area contributed by atoms with Crippen molar-refractivity contribution in [1.29, 1.82) is 0 Å². The Hall–Kier alpha value is -2.63. The zero-order valence-electron chi connectivity index (χ0n) is 11.8. The van der Waals surface area contributed by atoms with E-state index in [1.807, 2.05) is 30.3 Å². The highest BCUT2D eigenvalue weighted by Crippen LogP contribution is 2.41. The summed E-state index contributed by atoms with van der Waals surface area (Å²) < 4.78 is 0. The summed E-state index contributed by atoms with van der Waals surface area (Å²) in [4.78, 5) is 4.39. The Kier molecular flexibility index (Phi) is 4.14. The van der Waals surface area contributed by atoms with E-state index in [1.165, 1.54) is 0 Å². The summed E-state index contributed by atoms with van der Waals surface area (Å²) in [7, 11) is 5.25. The Morgan fingerprint density at radius 2 is 1.50 bits per heavy atom. The van der Waals surface area contributed by atoms with Gasteiger partial charge in [0.05, 0.1) is 0 Å². The Balaban J connectivity index is 2.51. The van der Waals surface area contributed by atoms with Gasteiger partial charge in [-0.25, -0.2) is 4.98 Å². The molecule has 5 N–H and O–H groups in total. The number of benzene rings is 1. The summed E-state index contributed by atoms with van der Waals surface area (Å²) in [6.07, 6.45) is 0. The molecule has 2 rings (SSSR count). The molecule has 1 heterocycles. The second kappa shape index (κ2) is 6.01. The molecule has 20 heavy (non-hydrogen) atoms. The highest BCUT2D eigenvalue weighted by atomic mass is 16.3. The summed E-state index contributed by atoms with van der Waals surface area (Å²) in [6, 6.07) is 9.74. The van der Waals surface area contributed by atoms with Gasteiger partial charge >= 0.3 is 0 Å². The minimum Gasteiger partial charge on any atom is -0.503 e. The van der Waals surface area contributed by atoms with Gasteiger partial charge in [0.1, 0.15) is 11.4 Å². The third-order valence-corrected chi connectivity index (χ3v) is 2.94. The molecule has 1 aromatic heterocycles. The van der Waals surface area contributed by atoms with E-state index in [0.29, 0.717) is 23.0 Å². The van der Waals surface area contributed by atoms with Gasteiger partial charge in [-0.2, -0.15) is 0 Å². The van der Waals surface area contributed by atoms with Crippen molar-refractivity contribution in [1.82, 2.24) is 4.98 Å². The largest absolute Gasteiger partial charge is 0.503 e. The highest BCUT2D eigenvalue weighted by Gasteiger charge is 2.17. The lowest BCUT2D eigenvalue weighted by atomic mass is 10.2. The number of anilines is 5. The van der Waals surface area contributed by atoms with Crippen LogP contribution in [0.25, 0.3) is 0 Å². The van der Waals surface area contributed by atoms with Crippen LogP contribution in [0.15, 0.2) is 30.3 Å². The number of para-hydroxylation sites is 1. The molecule has 6 nitrogen and oxygen atoms in total. The third kappa shape index (κ3) is 2.54. The Morgan fingerprint density at radius 1 is 0.850 bits per heavy atom. The van der Waals surface area contributed by atoms with Crippen molar-refractivity contribution in [3.05, 3.63) is 30.3 Å². The number of hydrogen-bond donors (Lipinski definition) is 5. The van der Waals surface area contributed by atoms with Crippen LogP contribution < -0.4 is 21.3 Å². The zero-order valence-corrected chi connectivity index (χ0v) is 11.8. The first kappa shape index (κ1) is 13.8. The van der Waals surface area contributed by atoms with Crippen molar-refractivity contribution in [3.8, 4) is 5.75 Å². The number of aromatic hydroxyl groups is 1. The summed E-state index contributed by atoms with van der Waals surface area (Å²) in [5, 5.41) is 22.3. The molecule has 0 saturated carbocycles. The molecule has 0 aliphatic heterocycles. The van der Waals surface area contributed by atoms with Crippen LogP contribution >= 0.6 is 0 Å². The van der Waals surface area contributed by atoms with Gasteiger partial charge in [-0.1, -0.05) is 18.2 Å². The van der Waals surface area contributed by atoms with Gasteiger partial charge in [0.15, 0.2) is 17.4 Å². The van der Waals surface area contributed by atoms with E-state index < -0.39 is 0 Å². The van der Waals surface area contributed by atoms with Crippen LogP contribution in [0.4, 0.5) is 28.7 Å². The predicted octanol–water partition coefficient (Wildman–Crippen LogP) is 2.66. The fourth-order valence-corrected chi connectivity index (χ4v) is 1.99. The van der Waals surface area contributed by atoms with E-state index in [0.717, 1.165) is 5.69 Å². The molecule has 106 valence electrons. The summed E-state index contributed by atoms with van der Waals surface area (Å²) in [6.45, 7) is 0. The van der Waals surface area contributed by atoms with Crippen LogP contribution in [0.2, 0.25) is 0 Å². The molecular weight excluding hydrogens is 254 g/mol. The second-order valence-corrected chi connectivity index (χ2v) is 4.15. The van der Waals surface area contributed by atoms with Crippen molar-refractivity contribution in [2.45, 2.75) is 0 Å². The number of hydrogen-bond acceptors (Lipinski definition) is 6. The minimum atomic E-state index is 0.0814. The van der Waals surface area contributed by atoms with Gasteiger partial charge in [-0.15, -0.1) is 0 Å². The standard InChI is InChI=1S/C14H19N5O/c1-15-10-11(16-2)13(19-14(17-3)12(10)20)18-9-7-5-4-6-8-9/h4-8,16,20H,1-3H3,(H3,15,17,18,19). The highest BCUT2D eigenvalue weighted by molar-refractivity contribution is 5.89. The van der Waals surface area contributed by atoms with Gasteiger partial charge in [-0.05, 0) is 12.1 Å². The van der Waals surface area contributed by atoms with Gasteiger partial charge in [0, 0.05) is 26.8 Å². The molecule has 0 bridgehead atoms. The Morgan fingerprint density at radius 3 is 2.05 bits per heavy atom. The van der Waals surface area contributed by atoms with E-state index >= 15 is 0 Å². The van der Waals surface area contributed by atoms with E-state index in [-0.39, 0.29) is 5.75 Å². The zero-order chi connectivity index (χ0) is 14.5. The summed E-state index contributed by atoms with van der Waals surface area (Å²) >= 11 is 0. The van der Waals surface area contributed by atoms with Gasteiger partial charge in [-0.3, -0.25) is 0 Å². The molecule has 0 aliphatic rings. The molecule has 2 aromatic rings. The molecular formula is C14H19N5O. The van der Waals surface area contributed by atoms with Crippen LogP contribution in [0.5, 0.6) is 5.75 Å². The number of aromatic nitrogens is 1. The van der Waals surface area contributed by atoms with Crippen LogP contribution in [-0.4, -0.2) is 31.2 Å². The first-order valence-electron chi connectivity index (χ1n) is 6.33. The first-order chi connectivity index (χ1) is 9.71. The van der Waals surface area contributed by atoms with Crippen LogP contribution in [0.1, 0.15) is 0 Å². The molecule has 0 spiro atoms. The van der Waals surface area contributed by atoms with Crippen molar-refractivity contribution >= 4 is 28.7 Å². The normalized spacial score (nSPS) is 9.95.